The van der Waals surface area contributed by atoms with E-state index in [-0.39, 0.29) is 12.8 Å². The number of unbranched alkanes of at least 4 members (excludes halogenated alkanes) is 1. The fourth-order valence-corrected chi connectivity index (χ4v) is 1.50. The minimum absolute atomic E-state index is 0.206. The first-order chi connectivity index (χ1) is 8.21. The van der Waals surface area contributed by atoms with Crippen molar-refractivity contribution in [1.82, 2.24) is 0 Å². The Morgan fingerprint density at radius 3 is 1.61 bits per heavy atom. The van der Waals surface area contributed by atoms with Crippen LogP contribution >= 0.6 is 0 Å². The average molecular weight is 274 g/mol. The van der Waals surface area contributed by atoms with E-state index < -0.39 is 40.6 Å². The van der Waals surface area contributed by atoms with E-state index in [9.17, 15) is 30.7 Å². The number of alkyl halides is 3. The Labute approximate surface area is 98.4 Å². The number of hydrogen-bond acceptors (Lipinski definition) is 0. The van der Waals surface area contributed by atoms with Crippen molar-refractivity contribution in [3.63, 3.8) is 0 Å². The van der Waals surface area contributed by atoms with Crippen LogP contribution in [0.1, 0.15) is 30.9 Å². The Bertz CT molecular complexity index is 419. The van der Waals surface area contributed by atoms with Crippen LogP contribution in [0.2, 0.25) is 0 Å². The molecular formula is C11H9F7. The minimum atomic E-state index is -5.49. The van der Waals surface area contributed by atoms with E-state index in [1.165, 1.54) is 0 Å². The zero-order chi connectivity index (χ0) is 14.1. The summed E-state index contributed by atoms with van der Waals surface area (Å²) in [5.74, 6) is -8.75. The molecule has 0 radical (unpaired) electrons. The molecule has 0 aliphatic rings. The quantitative estimate of drug-likeness (QED) is 0.558. The number of halogens is 7. The van der Waals surface area contributed by atoms with Gasteiger partial charge in [0.2, 0.25) is 0 Å². The van der Waals surface area contributed by atoms with Crippen LogP contribution in [-0.2, 0) is 12.6 Å². The molecule has 1 aromatic carbocycles. The highest BCUT2D eigenvalue weighted by molar-refractivity contribution is 5.31. The lowest BCUT2D eigenvalue weighted by Gasteiger charge is -2.13. The van der Waals surface area contributed by atoms with Crippen molar-refractivity contribution < 1.29 is 30.7 Å². The molecule has 1 rings (SSSR count). The molecule has 0 bridgehead atoms. The van der Waals surface area contributed by atoms with E-state index >= 15 is 0 Å². The van der Waals surface area contributed by atoms with E-state index in [4.69, 9.17) is 0 Å². The topological polar surface area (TPSA) is 0 Å². The second-order valence-electron chi connectivity index (χ2n) is 3.71. The molecule has 0 aromatic heterocycles. The molecule has 0 fully saturated rings. The lowest BCUT2D eigenvalue weighted by Crippen LogP contribution is -2.17. The fourth-order valence-electron chi connectivity index (χ4n) is 1.50. The average Bonchev–Trinajstić information content (AvgIpc) is 2.25. The van der Waals surface area contributed by atoms with Crippen LogP contribution in [0.15, 0.2) is 0 Å². The summed E-state index contributed by atoms with van der Waals surface area (Å²) in [6.07, 6.45) is -5.17. The van der Waals surface area contributed by atoms with Gasteiger partial charge in [-0.05, 0) is 12.8 Å². The third-order valence-electron chi connectivity index (χ3n) is 2.42. The number of rotatable bonds is 3. The molecule has 0 heterocycles. The smallest absolute Gasteiger partial charge is 0.203 e. The van der Waals surface area contributed by atoms with Gasteiger partial charge < -0.3 is 0 Å². The van der Waals surface area contributed by atoms with Gasteiger partial charge in [0.15, 0.2) is 23.3 Å². The predicted molar refractivity (Wildman–Crippen MR) is 49.9 cm³/mol. The Morgan fingerprint density at radius 2 is 1.28 bits per heavy atom. The first kappa shape index (κ1) is 14.8. The molecule has 1 aromatic rings. The van der Waals surface area contributed by atoms with Crippen molar-refractivity contribution >= 4 is 0 Å². The molecule has 0 saturated carbocycles. The van der Waals surface area contributed by atoms with E-state index in [0.717, 1.165) is 0 Å². The zero-order valence-corrected chi connectivity index (χ0v) is 9.27. The van der Waals surface area contributed by atoms with Crippen LogP contribution in [0, 0.1) is 23.3 Å². The lowest BCUT2D eigenvalue weighted by molar-refractivity contribution is -0.143. The third kappa shape index (κ3) is 2.59. The maximum Gasteiger partial charge on any atom is 0.422 e. The van der Waals surface area contributed by atoms with Gasteiger partial charge in [0.05, 0.1) is 0 Å². The third-order valence-corrected chi connectivity index (χ3v) is 2.42. The van der Waals surface area contributed by atoms with Crippen LogP contribution in [0.3, 0.4) is 0 Å². The van der Waals surface area contributed by atoms with E-state index in [2.05, 4.69) is 0 Å². The van der Waals surface area contributed by atoms with Crippen LogP contribution < -0.4 is 0 Å². The molecule has 0 aliphatic heterocycles. The second-order valence-corrected chi connectivity index (χ2v) is 3.71. The summed E-state index contributed by atoms with van der Waals surface area (Å²) < 4.78 is 89.5. The van der Waals surface area contributed by atoms with Gasteiger partial charge in [-0.1, -0.05) is 13.3 Å². The van der Waals surface area contributed by atoms with E-state index in [1.54, 1.807) is 6.92 Å². The van der Waals surface area contributed by atoms with Crippen LogP contribution in [0.5, 0.6) is 0 Å². The Balaban J connectivity index is 3.46. The molecule has 0 saturated heterocycles. The van der Waals surface area contributed by atoms with Gasteiger partial charge in [0.25, 0.3) is 0 Å². The van der Waals surface area contributed by atoms with Crippen LogP contribution in [-0.4, -0.2) is 0 Å². The Hall–Kier alpha value is -1.27. The largest absolute Gasteiger partial charge is 0.422 e. The normalized spacial score (nSPS) is 12.0. The van der Waals surface area contributed by atoms with Gasteiger partial charge in [-0.2, -0.15) is 13.2 Å². The maximum atomic E-state index is 13.3. The summed E-state index contributed by atoms with van der Waals surface area (Å²) >= 11 is 0. The van der Waals surface area contributed by atoms with Crippen molar-refractivity contribution in [2.24, 2.45) is 0 Å². The molecule has 0 aliphatic carbocycles. The molecule has 0 amide bonds. The molecule has 18 heavy (non-hydrogen) atoms. The molecule has 102 valence electrons. The fraction of sp³-hybridized carbons (Fsp3) is 0.455. The van der Waals surface area contributed by atoms with Crippen LogP contribution in [0.25, 0.3) is 0 Å². The van der Waals surface area contributed by atoms with Crippen molar-refractivity contribution in [2.75, 3.05) is 0 Å². The number of hydrogen-bond donors (Lipinski definition) is 0. The molecule has 0 atom stereocenters. The molecule has 0 unspecified atom stereocenters. The van der Waals surface area contributed by atoms with Gasteiger partial charge in [0.1, 0.15) is 5.56 Å². The lowest BCUT2D eigenvalue weighted by atomic mass is 10.0. The highest BCUT2D eigenvalue weighted by Gasteiger charge is 2.42. The number of benzene rings is 1. The molecule has 0 N–H and O–H groups in total. The highest BCUT2D eigenvalue weighted by atomic mass is 19.4. The zero-order valence-electron chi connectivity index (χ0n) is 9.27. The Morgan fingerprint density at radius 1 is 0.833 bits per heavy atom. The minimum Gasteiger partial charge on any atom is -0.203 e. The molecule has 0 nitrogen and oxygen atoms in total. The maximum absolute atomic E-state index is 13.3. The van der Waals surface area contributed by atoms with Gasteiger partial charge in [-0.3, -0.25) is 0 Å². The molecule has 0 spiro atoms. The second kappa shape index (κ2) is 5.16. The van der Waals surface area contributed by atoms with Crippen molar-refractivity contribution in [3.8, 4) is 0 Å². The van der Waals surface area contributed by atoms with Crippen LogP contribution in [0.4, 0.5) is 30.7 Å². The summed E-state index contributed by atoms with van der Waals surface area (Å²) in [6.45, 7) is 1.66. The van der Waals surface area contributed by atoms with E-state index in [0.29, 0.717) is 6.42 Å². The standard InChI is InChI=1S/C11H9F7/c1-2-3-4-5-7(12)9(14)6(11(16,17)18)10(15)8(5)13/h2-4H2,1H3. The summed E-state index contributed by atoms with van der Waals surface area (Å²) in [7, 11) is 0. The van der Waals surface area contributed by atoms with Gasteiger partial charge in [-0.15, -0.1) is 0 Å². The first-order valence-electron chi connectivity index (χ1n) is 5.13. The van der Waals surface area contributed by atoms with Gasteiger partial charge in [-0.25, -0.2) is 17.6 Å². The summed E-state index contributed by atoms with van der Waals surface area (Å²) in [5, 5.41) is 0. The van der Waals surface area contributed by atoms with Crippen molar-refractivity contribution in [3.05, 3.63) is 34.4 Å². The van der Waals surface area contributed by atoms with Gasteiger partial charge in [0, 0.05) is 5.56 Å². The van der Waals surface area contributed by atoms with Crippen molar-refractivity contribution in [1.29, 1.82) is 0 Å². The first-order valence-corrected chi connectivity index (χ1v) is 5.13. The molecular weight excluding hydrogens is 265 g/mol. The van der Waals surface area contributed by atoms with Crippen molar-refractivity contribution in [2.45, 2.75) is 32.4 Å². The summed E-state index contributed by atoms with van der Waals surface area (Å²) in [5.41, 5.74) is -3.52. The van der Waals surface area contributed by atoms with Gasteiger partial charge >= 0.3 is 6.18 Å². The molecule has 7 heteroatoms. The summed E-state index contributed by atoms with van der Waals surface area (Å²) in [4.78, 5) is 0. The summed E-state index contributed by atoms with van der Waals surface area (Å²) in [6, 6.07) is 0. The monoisotopic (exact) mass is 274 g/mol. The predicted octanol–water partition coefficient (Wildman–Crippen LogP) is 4.60. The van der Waals surface area contributed by atoms with E-state index in [1.807, 2.05) is 0 Å². The SMILES string of the molecule is CCCCc1c(F)c(F)c(C(F)(F)F)c(F)c1F. The highest BCUT2D eigenvalue weighted by Crippen LogP contribution is 2.37. The Kier molecular flexibility index (Phi) is 4.24.